The molecule has 0 radical (unpaired) electrons. The van der Waals surface area contributed by atoms with Crippen molar-refractivity contribution >= 4 is 17.9 Å². The summed E-state index contributed by atoms with van der Waals surface area (Å²) in [5.41, 5.74) is 0.159. The first-order valence-corrected chi connectivity index (χ1v) is 13.9. The minimum absolute atomic E-state index is 0.0175. The molecule has 210 valence electrons. The Morgan fingerprint density at radius 2 is 1.87 bits per heavy atom. The van der Waals surface area contributed by atoms with E-state index < -0.39 is 29.8 Å². The molecule has 3 aliphatic heterocycles. The van der Waals surface area contributed by atoms with Crippen molar-refractivity contribution in [3.63, 3.8) is 0 Å². The fourth-order valence-corrected chi connectivity index (χ4v) is 6.72. The van der Waals surface area contributed by atoms with Gasteiger partial charge in [0.15, 0.2) is 0 Å². The van der Waals surface area contributed by atoms with E-state index in [9.17, 15) is 24.0 Å². The number of alkyl carbamates (subject to hydrolysis) is 1. The largest absolute Gasteiger partial charge is 0.444 e. The lowest BCUT2D eigenvalue weighted by molar-refractivity contribution is -0.142. The minimum Gasteiger partial charge on any atom is -0.444 e. The monoisotopic (exact) mass is 539 g/mol. The number of piperazine rings is 1. The molecule has 1 aromatic carbocycles. The SMILES string of the molecule is CC(C)[C@@H](c1ccc(F)cc1)N1C(=O)C2C[C@H]1CN2CC(NC(=O)OC(C)(C)C)C(=O)N1C(C#N)C[C@@H]2C[C@@H]21. The van der Waals surface area contributed by atoms with Crippen molar-refractivity contribution in [1.29, 1.82) is 5.26 Å². The third kappa shape index (κ3) is 5.33. The summed E-state index contributed by atoms with van der Waals surface area (Å²) in [7, 11) is 0. The van der Waals surface area contributed by atoms with Crippen molar-refractivity contribution in [2.75, 3.05) is 13.1 Å². The second kappa shape index (κ2) is 10.1. The molecule has 5 rings (SSSR count). The van der Waals surface area contributed by atoms with Gasteiger partial charge in [0.2, 0.25) is 11.8 Å². The first-order valence-electron chi connectivity index (χ1n) is 13.9. The summed E-state index contributed by atoms with van der Waals surface area (Å²) < 4.78 is 19.0. The number of carbonyl (C=O) groups is 3. The molecule has 4 aliphatic rings. The van der Waals surface area contributed by atoms with Gasteiger partial charge in [-0.2, -0.15) is 5.26 Å². The van der Waals surface area contributed by atoms with Crippen LogP contribution in [0.25, 0.3) is 0 Å². The number of fused-ring (bicyclic) bond motifs is 3. The van der Waals surface area contributed by atoms with Crippen LogP contribution in [0.2, 0.25) is 0 Å². The molecule has 3 heterocycles. The van der Waals surface area contributed by atoms with E-state index in [-0.39, 0.29) is 48.2 Å². The average Bonchev–Trinajstić information content (AvgIpc) is 3.17. The van der Waals surface area contributed by atoms with Gasteiger partial charge >= 0.3 is 6.09 Å². The van der Waals surface area contributed by atoms with Crippen molar-refractivity contribution in [2.24, 2.45) is 11.8 Å². The van der Waals surface area contributed by atoms with Crippen molar-refractivity contribution in [1.82, 2.24) is 20.0 Å². The van der Waals surface area contributed by atoms with Gasteiger partial charge in [-0.05, 0) is 69.6 Å². The Morgan fingerprint density at radius 3 is 2.46 bits per heavy atom. The molecule has 4 fully saturated rings. The van der Waals surface area contributed by atoms with Crippen LogP contribution in [-0.2, 0) is 14.3 Å². The maximum absolute atomic E-state index is 13.8. The van der Waals surface area contributed by atoms with Crippen LogP contribution in [0.1, 0.15) is 65.5 Å². The summed E-state index contributed by atoms with van der Waals surface area (Å²) in [6.07, 6.45) is 1.47. The minimum atomic E-state index is -0.936. The topological polar surface area (TPSA) is 106 Å². The van der Waals surface area contributed by atoms with Crippen molar-refractivity contribution in [2.45, 2.75) is 95.7 Å². The molecule has 39 heavy (non-hydrogen) atoms. The smallest absolute Gasteiger partial charge is 0.408 e. The van der Waals surface area contributed by atoms with Crippen molar-refractivity contribution < 1.29 is 23.5 Å². The van der Waals surface area contributed by atoms with E-state index in [1.54, 1.807) is 37.8 Å². The second-order valence-corrected chi connectivity index (χ2v) is 12.7. The Kier molecular flexibility index (Phi) is 7.08. The molecular formula is C29H38FN5O4. The molecule has 1 N–H and O–H groups in total. The maximum Gasteiger partial charge on any atom is 0.408 e. The summed E-state index contributed by atoms with van der Waals surface area (Å²) in [6.45, 7) is 10.1. The third-order valence-electron chi connectivity index (χ3n) is 8.37. The molecule has 0 aromatic heterocycles. The number of hydrogen-bond donors (Lipinski definition) is 1. The van der Waals surface area contributed by atoms with E-state index in [2.05, 4.69) is 25.2 Å². The molecule has 3 amide bonds. The van der Waals surface area contributed by atoms with Gasteiger partial charge in [0.1, 0.15) is 23.5 Å². The number of amides is 3. The summed E-state index contributed by atoms with van der Waals surface area (Å²) in [4.78, 5) is 45.7. The fourth-order valence-electron chi connectivity index (χ4n) is 6.72. The molecule has 9 nitrogen and oxygen atoms in total. The molecule has 3 saturated heterocycles. The lowest BCUT2D eigenvalue weighted by Gasteiger charge is -2.41. The number of nitrogens with one attached hydrogen (secondary N) is 1. The number of carbonyl (C=O) groups excluding carboxylic acids is 3. The number of nitriles is 1. The molecule has 1 saturated carbocycles. The first kappa shape index (κ1) is 27.4. The Bertz CT molecular complexity index is 1180. The highest BCUT2D eigenvalue weighted by Gasteiger charge is 2.57. The number of likely N-dealkylation sites (tertiary alicyclic amines) is 3. The molecule has 7 atom stereocenters. The van der Waals surface area contributed by atoms with Gasteiger partial charge in [-0.3, -0.25) is 14.5 Å². The number of rotatable bonds is 7. The van der Waals surface area contributed by atoms with Gasteiger partial charge in [0.25, 0.3) is 0 Å². The van der Waals surface area contributed by atoms with Gasteiger partial charge in [0.05, 0.1) is 18.2 Å². The molecule has 2 bridgehead atoms. The molecule has 3 unspecified atom stereocenters. The number of benzene rings is 1. The van der Waals surface area contributed by atoms with Gasteiger partial charge in [-0.15, -0.1) is 0 Å². The van der Waals surface area contributed by atoms with Crippen LogP contribution in [0.5, 0.6) is 0 Å². The number of piperidine rings is 1. The third-order valence-corrected chi connectivity index (χ3v) is 8.37. The van der Waals surface area contributed by atoms with E-state index in [1.807, 2.05) is 9.80 Å². The van der Waals surface area contributed by atoms with Gasteiger partial charge in [0, 0.05) is 25.2 Å². The van der Waals surface area contributed by atoms with Crippen LogP contribution < -0.4 is 5.32 Å². The zero-order valence-electron chi connectivity index (χ0n) is 23.3. The first-order chi connectivity index (χ1) is 18.4. The molecule has 1 aliphatic carbocycles. The number of nitrogens with zero attached hydrogens (tertiary/aromatic N) is 4. The number of ether oxygens (including phenoxy) is 1. The highest BCUT2D eigenvalue weighted by atomic mass is 19.1. The van der Waals surface area contributed by atoms with Crippen LogP contribution in [-0.4, -0.2) is 81.5 Å². The van der Waals surface area contributed by atoms with Crippen molar-refractivity contribution in [3.05, 3.63) is 35.6 Å². The van der Waals surface area contributed by atoms with Gasteiger partial charge in [-0.1, -0.05) is 26.0 Å². The van der Waals surface area contributed by atoms with Crippen LogP contribution in [0.15, 0.2) is 24.3 Å². The molecule has 10 heteroatoms. The van der Waals surface area contributed by atoms with Crippen LogP contribution in [0, 0.1) is 29.0 Å². The summed E-state index contributed by atoms with van der Waals surface area (Å²) in [5.74, 6) is -0.158. The zero-order valence-corrected chi connectivity index (χ0v) is 23.3. The average molecular weight is 540 g/mol. The highest BCUT2D eigenvalue weighted by Crippen LogP contribution is 2.48. The van der Waals surface area contributed by atoms with E-state index >= 15 is 0 Å². The predicted molar refractivity (Wildman–Crippen MR) is 141 cm³/mol. The van der Waals surface area contributed by atoms with Crippen LogP contribution >= 0.6 is 0 Å². The van der Waals surface area contributed by atoms with Gasteiger partial charge < -0.3 is 19.9 Å². The van der Waals surface area contributed by atoms with E-state index in [0.717, 1.165) is 12.0 Å². The summed E-state index contributed by atoms with van der Waals surface area (Å²) in [6, 6.07) is 6.53. The lowest BCUT2D eigenvalue weighted by atomic mass is 9.93. The molecule has 0 spiro atoms. The van der Waals surface area contributed by atoms with E-state index in [0.29, 0.717) is 25.3 Å². The zero-order chi connectivity index (χ0) is 28.2. The van der Waals surface area contributed by atoms with E-state index in [1.165, 1.54) is 12.1 Å². The quantitative estimate of drug-likeness (QED) is 0.571. The standard InChI is InChI=1S/C29H38FN5O4/c1-16(2)25(17-6-8-19(30)9-7-17)35-21-12-24(27(35)37)33(14-21)15-22(32-28(38)39-29(3,4)5)26(36)34-20(13-31)10-18-11-23(18)34/h6-9,16,18,20-25H,10-12,14-15H2,1-5H3,(H,32,38)/t18-,20?,21+,22?,23+,24?,25+/m1/s1. The summed E-state index contributed by atoms with van der Waals surface area (Å²) in [5, 5.41) is 12.4. The maximum atomic E-state index is 13.8. The molecule has 1 aromatic rings. The lowest BCUT2D eigenvalue weighted by Crippen LogP contribution is -2.59. The Hall–Kier alpha value is -3.19. The predicted octanol–water partition coefficient (Wildman–Crippen LogP) is 3.21. The van der Waals surface area contributed by atoms with E-state index in [4.69, 9.17) is 4.74 Å². The van der Waals surface area contributed by atoms with Crippen LogP contribution in [0.3, 0.4) is 0 Å². The number of hydrogen-bond acceptors (Lipinski definition) is 6. The normalized spacial score (nSPS) is 29.3. The van der Waals surface area contributed by atoms with Crippen molar-refractivity contribution in [3.8, 4) is 6.07 Å². The second-order valence-electron chi connectivity index (χ2n) is 12.7. The van der Waals surface area contributed by atoms with Crippen LogP contribution in [0.4, 0.5) is 9.18 Å². The Labute approximate surface area is 229 Å². The van der Waals surface area contributed by atoms with Gasteiger partial charge in [-0.25, -0.2) is 9.18 Å². The Morgan fingerprint density at radius 1 is 1.18 bits per heavy atom. The molecular weight excluding hydrogens is 501 g/mol. The fraction of sp³-hybridized carbons (Fsp3) is 0.655. The number of halogens is 1. The Balaban J connectivity index is 1.33. The highest BCUT2D eigenvalue weighted by molar-refractivity contribution is 5.89. The summed E-state index contributed by atoms with van der Waals surface area (Å²) >= 11 is 0.